The van der Waals surface area contributed by atoms with Crippen LogP contribution in [0, 0.1) is 13.8 Å². The van der Waals surface area contributed by atoms with Gasteiger partial charge in [0.05, 0.1) is 6.21 Å². The van der Waals surface area contributed by atoms with Crippen LogP contribution >= 0.6 is 15.9 Å². The van der Waals surface area contributed by atoms with Crippen molar-refractivity contribution in [1.82, 2.24) is 5.43 Å². The summed E-state index contributed by atoms with van der Waals surface area (Å²) in [6.45, 7) is 3.64. The Hall–Kier alpha value is -2.14. The molecule has 2 aromatic carbocycles. The molecule has 0 bridgehead atoms. The van der Waals surface area contributed by atoms with Crippen LogP contribution in [-0.4, -0.2) is 17.2 Å². The van der Waals surface area contributed by atoms with Crippen LogP contribution in [0.3, 0.4) is 0 Å². The number of aryl methyl sites for hydroxylation is 2. The van der Waals surface area contributed by atoms with Gasteiger partial charge in [0.25, 0.3) is 5.91 Å². The van der Waals surface area contributed by atoms with Crippen LogP contribution in [0.15, 0.2) is 46.0 Å². The highest BCUT2D eigenvalue weighted by atomic mass is 79.9. The molecule has 0 aliphatic carbocycles. The van der Waals surface area contributed by atoms with Crippen molar-refractivity contribution in [2.24, 2.45) is 5.10 Å². The maximum Gasteiger partial charge on any atom is 0.271 e. The fraction of sp³-hybridized carbons (Fsp3) is 0.125. The lowest BCUT2D eigenvalue weighted by Gasteiger charge is -2.04. The number of rotatable bonds is 3. The molecule has 1 amide bonds. The number of carbonyl (C=O) groups excluding carboxylic acids is 1. The Morgan fingerprint density at radius 1 is 1.24 bits per heavy atom. The number of hydrazone groups is 1. The van der Waals surface area contributed by atoms with Gasteiger partial charge in [0.15, 0.2) is 0 Å². The SMILES string of the molecule is Cc1cc(/C=N/NC(=O)c2cccc(Br)c2)cc(C)c1O. The van der Waals surface area contributed by atoms with Crippen LogP contribution in [0.5, 0.6) is 5.75 Å². The molecule has 0 aliphatic heterocycles. The average molecular weight is 347 g/mol. The standard InChI is InChI=1S/C16H15BrN2O2/c1-10-6-12(7-11(2)15(10)20)9-18-19-16(21)13-4-3-5-14(17)8-13/h3-9,20H,1-2H3,(H,19,21)/b18-9+. The predicted molar refractivity (Wildman–Crippen MR) is 86.8 cm³/mol. The summed E-state index contributed by atoms with van der Waals surface area (Å²) in [5.74, 6) is 0.00472. The van der Waals surface area contributed by atoms with E-state index in [0.717, 1.165) is 21.2 Å². The van der Waals surface area contributed by atoms with Gasteiger partial charge >= 0.3 is 0 Å². The number of halogens is 1. The highest BCUT2D eigenvalue weighted by Crippen LogP contribution is 2.22. The number of carbonyl (C=O) groups is 1. The molecule has 2 rings (SSSR count). The van der Waals surface area contributed by atoms with E-state index in [1.165, 1.54) is 0 Å². The maximum atomic E-state index is 11.9. The third-order valence-corrected chi connectivity index (χ3v) is 3.47. The molecule has 4 nitrogen and oxygen atoms in total. The number of hydrogen-bond donors (Lipinski definition) is 2. The summed E-state index contributed by atoms with van der Waals surface area (Å²) in [4.78, 5) is 11.9. The van der Waals surface area contributed by atoms with Crippen molar-refractivity contribution in [2.75, 3.05) is 0 Å². The van der Waals surface area contributed by atoms with Crippen LogP contribution in [0.1, 0.15) is 27.0 Å². The molecule has 21 heavy (non-hydrogen) atoms. The Morgan fingerprint density at radius 3 is 2.52 bits per heavy atom. The van der Waals surface area contributed by atoms with Crippen LogP contribution in [0.4, 0.5) is 0 Å². The lowest BCUT2D eigenvalue weighted by molar-refractivity contribution is 0.0955. The van der Waals surface area contributed by atoms with Crippen molar-refractivity contribution in [3.63, 3.8) is 0 Å². The molecule has 5 heteroatoms. The molecule has 0 saturated carbocycles. The van der Waals surface area contributed by atoms with E-state index in [9.17, 15) is 9.90 Å². The molecule has 0 spiro atoms. The van der Waals surface area contributed by atoms with Gasteiger partial charge < -0.3 is 5.11 Å². The van der Waals surface area contributed by atoms with Crippen LogP contribution in [-0.2, 0) is 0 Å². The van der Waals surface area contributed by atoms with E-state index < -0.39 is 0 Å². The van der Waals surface area contributed by atoms with Crippen LogP contribution in [0.25, 0.3) is 0 Å². The number of amides is 1. The highest BCUT2D eigenvalue weighted by molar-refractivity contribution is 9.10. The second-order valence-electron chi connectivity index (χ2n) is 4.71. The first-order chi connectivity index (χ1) is 9.97. The molecule has 0 aromatic heterocycles. The van der Waals surface area contributed by atoms with Gasteiger partial charge in [-0.25, -0.2) is 5.43 Å². The number of aromatic hydroxyl groups is 1. The molecule has 2 N–H and O–H groups in total. The number of nitrogens with zero attached hydrogens (tertiary/aromatic N) is 1. The van der Waals surface area contributed by atoms with Gasteiger partial charge in [-0.1, -0.05) is 22.0 Å². The molecule has 0 atom stereocenters. The van der Waals surface area contributed by atoms with Crippen molar-refractivity contribution < 1.29 is 9.90 Å². The molecular weight excluding hydrogens is 332 g/mol. The first-order valence-corrected chi connectivity index (χ1v) is 7.16. The average Bonchev–Trinajstić information content (AvgIpc) is 2.44. The monoisotopic (exact) mass is 346 g/mol. The summed E-state index contributed by atoms with van der Waals surface area (Å²) >= 11 is 3.32. The molecule has 0 radical (unpaired) electrons. The van der Waals surface area contributed by atoms with E-state index in [2.05, 4.69) is 26.5 Å². The van der Waals surface area contributed by atoms with E-state index in [1.807, 2.05) is 19.9 Å². The Morgan fingerprint density at radius 2 is 1.90 bits per heavy atom. The molecule has 0 heterocycles. The van der Waals surface area contributed by atoms with Crippen molar-refractivity contribution >= 4 is 28.1 Å². The minimum atomic E-state index is -0.278. The van der Waals surface area contributed by atoms with Crippen molar-refractivity contribution in [1.29, 1.82) is 0 Å². The van der Waals surface area contributed by atoms with Gasteiger partial charge in [-0.15, -0.1) is 0 Å². The molecule has 0 aliphatic rings. The summed E-state index contributed by atoms with van der Waals surface area (Å²) in [5, 5.41) is 13.6. The van der Waals surface area contributed by atoms with Gasteiger partial charge in [-0.2, -0.15) is 5.10 Å². The zero-order valence-corrected chi connectivity index (χ0v) is 13.3. The summed E-state index contributed by atoms with van der Waals surface area (Å²) in [6, 6.07) is 10.7. The Labute approximate surface area is 131 Å². The normalized spacial score (nSPS) is 10.8. The van der Waals surface area contributed by atoms with Crippen molar-refractivity contribution in [3.05, 3.63) is 63.1 Å². The number of hydrogen-bond acceptors (Lipinski definition) is 3. The lowest BCUT2D eigenvalue weighted by atomic mass is 10.1. The fourth-order valence-electron chi connectivity index (χ4n) is 1.92. The molecule has 2 aromatic rings. The van der Waals surface area contributed by atoms with Gasteiger partial charge in [-0.3, -0.25) is 4.79 Å². The third-order valence-electron chi connectivity index (χ3n) is 2.98. The molecular formula is C16H15BrN2O2. The quantitative estimate of drug-likeness (QED) is 0.659. The minimum Gasteiger partial charge on any atom is -0.507 e. The first-order valence-electron chi connectivity index (χ1n) is 6.36. The Bertz CT molecular complexity index is 688. The number of nitrogens with one attached hydrogen (secondary N) is 1. The Balaban J connectivity index is 2.07. The summed E-state index contributed by atoms with van der Waals surface area (Å²) in [5.41, 5.74) is 5.37. The largest absolute Gasteiger partial charge is 0.507 e. The van der Waals surface area contributed by atoms with Gasteiger partial charge in [0, 0.05) is 10.0 Å². The summed E-state index contributed by atoms with van der Waals surface area (Å²) < 4.78 is 0.837. The molecule has 108 valence electrons. The highest BCUT2D eigenvalue weighted by Gasteiger charge is 2.04. The van der Waals surface area contributed by atoms with E-state index >= 15 is 0 Å². The topological polar surface area (TPSA) is 61.7 Å². The van der Waals surface area contributed by atoms with E-state index in [0.29, 0.717) is 5.56 Å². The van der Waals surface area contributed by atoms with E-state index in [1.54, 1.807) is 36.5 Å². The van der Waals surface area contributed by atoms with Crippen LogP contribution in [0.2, 0.25) is 0 Å². The number of phenols is 1. The minimum absolute atomic E-state index is 0.278. The van der Waals surface area contributed by atoms with Crippen molar-refractivity contribution in [2.45, 2.75) is 13.8 Å². The number of phenolic OH excluding ortho intramolecular Hbond substituents is 1. The zero-order valence-electron chi connectivity index (χ0n) is 11.7. The summed E-state index contributed by atoms with van der Waals surface area (Å²) in [6.07, 6.45) is 1.55. The van der Waals surface area contributed by atoms with Crippen molar-refractivity contribution in [3.8, 4) is 5.75 Å². The zero-order chi connectivity index (χ0) is 15.4. The molecule has 0 saturated heterocycles. The second-order valence-corrected chi connectivity index (χ2v) is 5.63. The summed E-state index contributed by atoms with van der Waals surface area (Å²) in [7, 11) is 0. The second kappa shape index (κ2) is 6.54. The van der Waals surface area contributed by atoms with Crippen LogP contribution < -0.4 is 5.43 Å². The van der Waals surface area contributed by atoms with Gasteiger partial charge in [-0.05, 0) is 60.9 Å². The number of benzene rings is 2. The Kier molecular flexibility index (Phi) is 4.75. The van der Waals surface area contributed by atoms with Gasteiger partial charge in [0.1, 0.15) is 5.75 Å². The predicted octanol–water partition coefficient (Wildman–Crippen LogP) is 3.54. The smallest absolute Gasteiger partial charge is 0.271 e. The first kappa shape index (κ1) is 15.3. The molecule has 0 unspecified atom stereocenters. The fourth-order valence-corrected chi connectivity index (χ4v) is 2.32. The lowest BCUT2D eigenvalue weighted by Crippen LogP contribution is -2.17. The van der Waals surface area contributed by atoms with E-state index in [4.69, 9.17) is 0 Å². The third kappa shape index (κ3) is 3.92. The molecule has 0 fully saturated rings. The van der Waals surface area contributed by atoms with E-state index in [-0.39, 0.29) is 11.7 Å². The van der Waals surface area contributed by atoms with Gasteiger partial charge in [0.2, 0.25) is 0 Å². The maximum absolute atomic E-state index is 11.9.